The van der Waals surface area contributed by atoms with Crippen molar-refractivity contribution in [3.8, 4) is 0 Å². The van der Waals surface area contributed by atoms with Gasteiger partial charge in [0.25, 0.3) is 0 Å². The minimum Gasteiger partial charge on any atom is -0.466 e. The van der Waals surface area contributed by atoms with Crippen LogP contribution in [0.5, 0.6) is 0 Å². The maximum atomic E-state index is 11.8. The lowest BCUT2D eigenvalue weighted by molar-refractivity contribution is -0.143. The molecule has 0 aliphatic rings. The minimum atomic E-state index is -3.61. The molecule has 1 heterocycles. The summed E-state index contributed by atoms with van der Waals surface area (Å²) in [7, 11) is -3.61. The van der Waals surface area contributed by atoms with Crippen LogP contribution in [0.1, 0.15) is 19.8 Å². The number of nitrogens with one attached hydrogen (secondary N) is 1. The number of esters is 1. The number of hydrogen-bond donors (Lipinski definition) is 1. The standard InChI is InChI=1S/C11H15ClN2O4S/c1-2-18-11(15)4-3-7-14-19(16,17)9-5-6-10(12)13-8-9/h5-6,8,14H,2-4,7H2,1H3. The molecule has 106 valence electrons. The highest BCUT2D eigenvalue weighted by atomic mass is 35.5. The molecule has 0 fully saturated rings. The lowest BCUT2D eigenvalue weighted by Crippen LogP contribution is -2.25. The second kappa shape index (κ2) is 7.42. The van der Waals surface area contributed by atoms with Gasteiger partial charge in [-0.15, -0.1) is 0 Å². The first-order valence-corrected chi connectivity index (χ1v) is 7.58. The van der Waals surface area contributed by atoms with Crippen LogP contribution >= 0.6 is 11.6 Å². The van der Waals surface area contributed by atoms with Crippen molar-refractivity contribution in [2.24, 2.45) is 0 Å². The molecule has 1 aromatic heterocycles. The van der Waals surface area contributed by atoms with Gasteiger partial charge >= 0.3 is 5.97 Å². The number of sulfonamides is 1. The van der Waals surface area contributed by atoms with Gasteiger partial charge in [0, 0.05) is 19.2 Å². The maximum Gasteiger partial charge on any atom is 0.305 e. The molecule has 0 saturated carbocycles. The Morgan fingerprint density at radius 2 is 2.21 bits per heavy atom. The Morgan fingerprint density at radius 1 is 1.47 bits per heavy atom. The number of carbonyl (C=O) groups is 1. The lowest BCUT2D eigenvalue weighted by Gasteiger charge is -2.06. The van der Waals surface area contributed by atoms with Gasteiger partial charge in [-0.25, -0.2) is 18.1 Å². The molecule has 0 spiro atoms. The first kappa shape index (κ1) is 15.9. The molecule has 0 radical (unpaired) electrons. The van der Waals surface area contributed by atoms with Crippen LogP contribution in [0.25, 0.3) is 0 Å². The number of hydrogen-bond acceptors (Lipinski definition) is 5. The van der Waals surface area contributed by atoms with Crippen LogP contribution in [0.2, 0.25) is 5.15 Å². The van der Waals surface area contributed by atoms with Crippen LogP contribution in [0, 0.1) is 0 Å². The molecule has 8 heteroatoms. The highest BCUT2D eigenvalue weighted by Gasteiger charge is 2.13. The average Bonchev–Trinajstić information content (AvgIpc) is 2.36. The second-order valence-electron chi connectivity index (χ2n) is 3.62. The molecule has 1 rings (SSSR count). The third kappa shape index (κ3) is 5.54. The monoisotopic (exact) mass is 306 g/mol. The van der Waals surface area contributed by atoms with Gasteiger partial charge in [-0.2, -0.15) is 0 Å². The number of ether oxygens (including phenoxy) is 1. The first-order valence-electron chi connectivity index (χ1n) is 5.72. The van der Waals surface area contributed by atoms with Gasteiger partial charge < -0.3 is 4.74 Å². The lowest BCUT2D eigenvalue weighted by atomic mass is 10.3. The molecule has 19 heavy (non-hydrogen) atoms. The van der Waals surface area contributed by atoms with E-state index in [0.717, 1.165) is 0 Å². The molecule has 0 amide bonds. The molecule has 0 atom stereocenters. The minimum absolute atomic E-state index is 0.0352. The average molecular weight is 307 g/mol. The van der Waals surface area contributed by atoms with Crippen LogP contribution in [-0.2, 0) is 19.6 Å². The van der Waals surface area contributed by atoms with Crippen LogP contribution in [0.3, 0.4) is 0 Å². The van der Waals surface area contributed by atoms with Crippen molar-refractivity contribution in [2.75, 3.05) is 13.2 Å². The predicted molar refractivity (Wildman–Crippen MR) is 70.3 cm³/mol. The van der Waals surface area contributed by atoms with Crippen molar-refractivity contribution in [3.63, 3.8) is 0 Å². The fourth-order valence-electron chi connectivity index (χ4n) is 1.28. The summed E-state index contributed by atoms with van der Waals surface area (Å²) in [5, 5.41) is 0.223. The van der Waals surface area contributed by atoms with Crippen molar-refractivity contribution >= 4 is 27.6 Å². The van der Waals surface area contributed by atoms with E-state index >= 15 is 0 Å². The summed E-state index contributed by atoms with van der Waals surface area (Å²) >= 11 is 5.58. The normalized spacial score (nSPS) is 11.3. The third-order valence-corrected chi connectivity index (χ3v) is 3.84. The zero-order valence-corrected chi connectivity index (χ0v) is 12.0. The Labute approximate surface area is 117 Å². The molecule has 0 aliphatic carbocycles. The van der Waals surface area contributed by atoms with E-state index < -0.39 is 10.0 Å². The number of pyridine rings is 1. The molecule has 6 nitrogen and oxygen atoms in total. The van der Waals surface area contributed by atoms with E-state index in [4.69, 9.17) is 16.3 Å². The fourth-order valence-corrected chi connectivity index (χ4v) is 2.41. The topological polar surface area (TPSA) is 85.4 Å². The SMILES string of the molecule is CCOC(=O)CCCNS(=O)(=O)c1ccc(Cl)nc1. The molecule has 0 aliphatic heterocycles. The Kier molecular flexibility index (Phi) is 6.20. The predicted octanol–water partition coefficient (Wildman–Crippen LogP) is 1.36. The molecular weight excluding hydrogens is 292 g/mol. The largest absolute Gasteiger partial charge is 0.466 e. The Hall–Kier alpha value is -1.18. The molecule has 0 saturated heterocycles. The zero-order valence-electron chi connectivity index (χ0n) is 10.4. The second-order valence-corrected chi connectivity index (χ2v) is 5.78. The van der Waals surface area contributed by atoms with Gasteiger partial charge in [0.05, 0.1) is 6.61 Å². The summed E-state index contributed by atoms with van der Waals surface area (Å²) in [6.07, 6.45) is 1.73. The van der Waals surface area contributed by atoms with E-state index in [1.54, 1.807) is 6.92 Å². The number of aromatic nitrogens is 1. The van der Waals surface area contributed by atoms with Gasteiger partial charge in [0.15, 0.2) is 0 Å². The van der Waals surface area contributed by atoms with Crippen molar-refractivity contribution < 1.29 is 17.9 Å². The van der Waals surface area contributed by atoms with E-state index in [1.165, 1.54) is 18.3 Å². The Bertz CT molecular complexity index is 516. The zero-order chi connectivity index (χ0) is 14.3. The summed E-state index contributed by atoms with van der Waals surface area (Å²) in [6, 6.07) is 2.76. The smallest absolute Gasteiger partial charge is 0.305 e. The van der Waals surface area contributed by atoms with Crippen molar-refractivity contribution in [1.29, 1.82) is 0 Å². The van der Waals surface area contributed by atoms with Gasteiger partial charge in [0.2, 0.25) is 10.0 Å². The molecule has 1 aromatic rings. The molecular formula is C11H15ClN2O4S. The fraction of sp³-hybridized carbons (Fsp3) is 0.455. The van der Waals surface area contributed by atoms with Gasteiger partial charge in [-0.3, -0.25) is 4.79 Å². The summed E-state index contributed by atoms with van der Waals surface area (Å²) < 4.78 is 30.7. The van der Waals surface area contributed by atoms with Crippen molar-refractivity contribution in [1.82, 2.24) is 9.71 Å². The van der Waals surface area contributed by atoms with Crippen molar-refractivity contribution in [3.05, 3.63) is 23.5 Å². The molecule has 1 N–H and O–H groups in total. The first-order chi connectivity index (χ1) is 8.95. The van der Waals surface area contributed by atoms with Crippen LogP contribution in [0.4, 0.5) is 0 Å². The van der Waals surface area contributed by atoms with Crippen LogP contribution < -0.4 is 4.72 Å². The summed E-state index contributed by atoms with van der Waals surface area (Å²) in [4.78, 5) is 14.8. The van der Waals surface area contributed by atoms with E-state index in [2.05, 4.69) is 9.71 Å². The maximum absolute atomic E-state index is 11.8. The highest BCUT2D eigenvalue weighted by Crippen LogP contribution is 2.10. The summed E-state index contributed by atoms with van der Waals surface area (Å²) in [6.45, 7) is 2.19. The number of halogens is 1. The van der Waals surface area contributed by atoms with E-state index in [0.29, 0.717) is 13.0 Å². The summed E-state index contributed by atoms with van der Waals surface area (Å²) in [5.74, 6) is -0.338. The number of rotatable bonds is 7. The van der Waals surface area contributed by atoms with E-state index in [1.807, 2.05) is 0 Å². The third-order valence-electron chi connectivity index (χ3n) is 2.17. The Balaban J connectivity index is 2.43. The van der Waals surface area contributed by atoms with E-state index in [-0.39, 0.29) is 29.0 Å². The molecule has 0 bridgehead atoms. The highest BCUT2D eigenvalue weighted by molar-refractivity contribution is 7.89. The number of carbonyl (C=O) groups excluding carboxylic acids is 1. The van der Waals surface area contributed by atoms with Gasteiger partial charge in [-0.05, 0) is 25.5 Å². The van der Waals surface area contributed by atoms with Crippen molar-refractivity contribution in [2.45, 2.75) is 24.7 Å². The summed E-state index contributed by atoms with van der Waals surface area (Å²) in [5.41, 5.74) is 0. The van der Waals surface area contributed by atoms with E-state index in [9.17, 15) is 13.2 Å². The van der Waals surface area contributed by atoms with Gasteiger partial charge in [0.1, 0.15) is 10.0 Å². The van der Waals surface area contributed by atoms with Gasteiger partial charge in [-0.1, -0.05) is 11.6 Å². The Morgan fingerprint density at radius 3 is 2.79 bits per heavy atom. The number of nitrogens with zero attached hydrogens (tertiary/aromatic N) is 1. The molecule has 0 unspecified atom stereocenters. The van der Waals surface area contributed by atoms with Crippen LogP contribution in [-0.4, -0.2) is 32.5 Å². The van der Waals surface area contributed by atoms with Crippen LogP contribution in [0.15, 0.2) is 23.2 Å². The molecule has 0 aromatic carbocycles. The quantitative estimate of drug-likeness (QED) is 0.467.